The third-order valence-corrected chi connectivity index (χ3v) is 4.40. The third kappa shape index (κ3) is 4.49. The lowest BCUT2D eigenvalue weighted by molar-refractivity contribution is -0.116. The summed E-state index contributed by atoms with van der Waals surface area (Å²) >= 11 is 0. The number of tetrazole rings is 1. The molecule has 4 rings (SSSR count). The van der Waals surface area contributed by atoms with Crippen LogP contribution in [0.4, 0.5) is 5.69 Å². The minimum absolute atomic E-state index is 0.0810. The van der Waals surface area contributed by atoms with E-state index in [9.17, 15) is 4.79 Å². The highest BCUT2D eigenvalue weighted by molar-refractivity contribution is 5.90. The zero-order valence-corrected chi connectivity index (χ0v) is 15.8. The first kappa shape index (κ1) is 18.4. The van der Waals surface area contributed by atoms with E-state index >= 15 is 0 Å². The number of furan rings is 1. The van der Waals surface area contributed by atoms with Crippen molar-refractivity contribution in [3.8, 4) is 22.8 Å². The van der Waals surface area contributed by atoms with Gasteiger partial charge in [-0.2, -0.15) is 0 Å². The molecule has 0 aliphatic rings. The highest BCUT2D eigenvalue weighted by Gasteiger charge is 2.09. The van der Waals surface area contributed by atoms with Gasteiger partial charge >= 0.3 is 0 Å². The van der Waals surface area contributed by atoms with Crippen molar-refractivity contribution in [2.45, 2.75) is 12.8 Å². The first-order valence-corrected chi connectivity index (χ1v) is 9.08. The Balaban J connectivity index is 1.31. The van der Waals surface area contributed by atoms with Crippen molar-refractivity contribution < 1.29 is 13.9 Å². The van der Waals surface area contributed by atoms with Crippen molar-refractivity contribution in [2.75, 3.05) is 12.4 Å². The molecular weight excluding hydrogens is 370 g/mol. The van der Waals surface area contributed by atoms with E-state index in [0.717, 1.165) is 28.5 Å². The van der Waals surface area contributed by atoms with Crippen molar-refractivity contribution in [3.63, 3.8) is 0 Å². The smallest absolute Gasteiger partial charge is 0.224 e. The Morgan fingerprint density at radius 3 is 2.55 bits per heavy atom. The van der Waals surface area contributed by atoms with Crippen LogP contribution < -0.4 is 10.1 Å². The van der Waals surface area contributed by atoms with Gasteiger partial charge in [0.15, 0.2) is 0 Å². The van der Waals surface area contributed by atoms with Gasteiger partial charge in [0.25, 0.3) is 0 Å². The summed E-state index contributed by atoms with van der Waals surface area (Å²) in [6.45, 7) is 0. The van der Waals surface area contributed by atoms with Crippen LogP contribution in [0, 0.1) is 0 Å². The fraction of sp³-hybridized carbons (Fsp3) is 0.143. The monoisotopic (exact) mass is 389 g/mol. The normalized spacial score (nSPS) is 10.7. The van der Waals surface area contributed by atoms with Crippen molar-refractivity contribution in [2.24, 2.45) is 0 Å². The summed E-state index contributed by atoms with van der Waals surface area (Å²) in [5.74, 6) is 2.24. The average Bonchev–Trinajstić information content (AvgIpc) is 3.45. The van der Waals surface area contributed by atoms with Crippen LogP contribution in [0.15, 0.2) is 71.4 Å². The van der Waals surface area contributed by atoms with E-state index in [1.807, 2.05) is 60.7 Å². The number of ether oxygens (including phenoxy) is 1. The fourth-order valence-corrected chi connectivity index (χ4v) is 2.86. The SMILES string of the molecule is COc1ccc(-c2ccc(CCC(=O)Nc3ccc(-n4cnnn4)cc3)o2)cc1. The lowest BCUT2D eigenvalue weighted by atomic mass is 10.2. The number of hydrogen-bond donors (Lipinski definition) is 1. The number of methoxy groups -OCH3 is 1. The van der Waals surface area contributed by atoms with E-state index in [2.05, 4.69) is 20.8 Å². The summed E-state index contributed by atoms with van der Waals surface area (Å²) < 4.78 is 12.6. The largest absolute Gasteiger partial charge is 0.497 e. The summed E-state index contributed by atoms with van der Waals surface area (Å²) in [7, 11) is 1.63. The van der Waals surface area contributed by atoms with E-state index in [4.69, 9.17) is 9.15 Å². The zero-order valence-electron chi connectivity index (χ0n) is 15.8. The Bertz CT molecular complexity index is 1070. The molecule has 0 aliphatic heterocycles. The van der Waals surface area contributed by atoms with Crippen molar-refractivity contribution >= 4 is 11.6 Å². The Hall–Kier alpha value is -3.94. The first-order valence-electron chi connectivity index (χ1n) is 9.08. The van der Waals surface area contributed by atoms with Gasteiger partial charge in [-0.15, -0.1) is 5.10 Å². The molecule has 0 unspecified atom stereocenters. The molecule has 8 nitrogen and oxygen atoms in total. The molecule has 0 spiro atoms. The summed E-state index contributed by atoms with van der Waals surface area (Å²) in [6.07, 6.45) is 2.35. The molecule has 4 aromatic rings. The number of anilines is 1. The van der Waals surface area contributed by atoms with Crippen molar-refractivity contribution in [1.29, 1.82) is 0 Å². The van der Waals surface area contributed by atoms with Crippen LogP contribution in [-0.4, -0.2) is 33.2 Å². The number of nitrogens with one attached hydrogen (secondary N) is 1. The molecule has 0 bridgehead atoms. The maximum absolute atomic E-state index is 12.2. The van der Waals surface area contributed by atoms with Gasteiger partial charge in [-0.05, 0) is 71.1 Å². The zero-order chi connectivity index (χ0) is 20.1. The molecule has 2 aromatic carbocycles. The molecule has 0 atom stereocenters. The van der Waals surface area contributed by atoms with Crippen LogP contribution in [0.5, 0.6) is 5.75 Å². The number of carbonyl (C=O) groups excluding carboxylic acids is 1. The van der Waals surface area contributed by atoms with Crippen molar-refractivity contribution in [1.82, 2.24) is 20.2 Å². The van der Waals surface area contributed by atoms with Gasteiger partial charge in [-0.1, -0.05) is 0 Å². The Kier molecular flexibility index (Phi) is 5.33. The lowest BCUT2D eigenvalue weighted by Crippen LogP contribution is -2.12. The first-order chi connectivity index (χ1) is 14.2. The minimum atomic E-state index is -0.0810. The Morgan fingerprint density at radius 1 is 1.07 bits per heavy atom. The van der Waals surface area contributed by atoms with Crippen LogP contribution in [0.3, 0.4) is 0 Å². The summed E-state index contributed by atoms with van der Waals surface area (Å²) in [5.41, 5.74) is 2.49. The van der Waals surface area contributed by atoms with E-state index in [-0.39, 0.29) is 5.91 Å². The Labute approximate surface area is 167 Å². The molecule has 2 aromatic heterocycles. The number of aryl methyl sites for hydroxylation is 1. The minimum Gasteiger partial charge on any atom is -0.497 e. The third-order valence-electron chi connectivity index (χ3n) is 4.40. The van der Waals surface area contributed by atoms with Crippen LogP contribution in [0.25, 0.3) is 17.0 Å². The molecule has 0 saturated heterocycles. The molecule has 1 N–H and O–H groups in total. The van der Waals surface area contributed by atoms with Crippen LogP contribution >= 0.6 is 0 Å². The number of hydrogen-bond acceptors (Lipinski definition) is 6. The Morgan fingerprint density at radius 2 is 1.86 bits per heavy atom. The molecule has 0 fully saturated rings. The van der Waals surface area contributed by atoms with Crippen LogP contribution in [-0.2, 0) is 11.2 Å². The van der Waals surface area contributed by atoms with Crippen molar-refractivity contribution in [3.05, 3.63) is 72.8 Å². The van der Waals surface area contributed by atoms with Gasteiger partial charge in [0, 0.05) is 24.1 Å². The van der Waals surface area contributed by atoms with E-state index < -0.39 is 0 Å². The van der Waals surface area contributed by atoms with E-state index in [1.165, 1.54) is 6.33 Å². The predicted octanol–water partition coefficient (Wildman–Crippen LogP) is 3.50. The number of nitrogens with zero attached hydrogens (tertiary/aromatic N) is 4. The predicted molar refractivity (Wildman–Crippen MR) is 107 cm³/mol. The van der Waals surface area contributed by atoms with Crippen LogP contribution in [0.1, 0.15) is 12.2 Å². The van der Waals surface area contributed by atoms with Gasteiger partial charge in [0.2, 0.25) is 5.91 Å². The van der Waals surface area contributed by atoms with Gasteiger partial charge in [0.1, 0.15) is 23.6 Å². The molecule has 0 aliphatic carbocycles. The molecule has 146 valence electrons. The second-order valence-corrected chi connectivity index (χ2v) is 6.34. The second kappa shape index (κ2) is 8.39. The summed E-state index contributed by atoms with van der Waals surface area (Å²) in [5, 5.41) is 13.9. The van der Waals surface area contributed by atoms with E-state index in [1.54, 1.807) is 11.8 Å². The maximum Gasteiger partial charge on any atom is 0.224 e. The van der Waals surface area contributed by atoms with Crippen LogP contribution in [0.2, 0.25) is 0 Å². The average molecular weight is 389 g/mol. The number of benzene rings is 2. The number of carbonyl (C=O) groups is 1. The lowest BCUT2D eigenvalue weighted by Gasteiger charge is -2.06. The topological polar surface area (TPSA) is 95.1 Å². The molecular formula is C21H19N5O3. The maximum atomic E-state index is 12.2. The molecule has 1 amide bonds. The van der Waals surface area contributed by atoms with Gasteiger partial charge in [-0.3, -0.25) is 4.79 Å². The quantitative estimate of drug-likeness (QED) is 0.520. The molecule has 29 heavy (non-hydrogen) atoms. The summed E-state index contributed by atoms with van der Waals surface area (Å²) in [4.78, 5) is 12.2. The molecule has 2 heterocycles. The molecule has 0 saturated carbocycles. The number of rotatable bonds is 7. The van der Waals surface area contributed by atoms with Gasteiger partial charge in [0.05, 0.1) is 12.8 Å². The van der Waals surface area contributed by atoms with Gasteiger partial charge < -0.3 is 14.5 Å². The number of amides is 1. The van der Waals surface area contributed by atoms with E-state index in [0.29, 0.717) is 18.5 Å². The highest BCUT2D eigenvalue weighted by Crippen LogP contribution is 2.25. The molecule has 0 radical (unpaired) electrons. The fourth-order valence-electron chi connectivity index (χ4n) is 2.86. The summed E-state index contributed by atoms with van der Waals surface area (Å²) in [6, 6.07) is 18.7. The number of aromatic nitrogens is 4. The standard InChI is InChI=1S/C21H19N5O3/c1-28-18-8-2-15(3-9-18)20-12-10-19(29-20)11-13-21(27)23-16-4-6-17(7-5-16)26-14-22-24-25-26/h2-10,12,14H,11,13H2,1H3,(H,23,27). The second-order valence-electron chi connectivity index (χ2n) is 6.34. The molecule has 8 heteroatoms. The van der Waals surface area contributed by atoms with Gasteiger partial charge in [-0.25, -0.2) is 4.68 Å². The highest BCUT2D eigenvalue weighted by atomic mass is 16.5.